The van der Waals surface area contributed by atoms with Crippen LogP contribution in [0.15, 0.2) is 18.2 Å². The Morgan fingerprint density at radius 2 is 2.11 bits per heavy atom. The summed E-state index contributed by atoms with van der Waals surface area (Å²) in [6.45, 7) is 4.11. The van der Waals surface area contributed by atoms with E-state index in [4.69, 9.17) is 10.5 Å². The second-order valence-corrected chi connectivity index (χ2v) is 4.36. The number of nitrogen functional groups attached to an aromatic ring is 1. The molecule has 96 valence electrons. The second kappa shape index (κ2) is 4.72. The van der Waals surface area contributed by atoms with Gasteiger partial charge in [-0.25, -0.2) is 0 Å². The van der Waals surface area contributed by atoms with Gasteiger partial charge in [-0.15, -0.1) is 0 Å². The summed E-state index contributed by atoms with van der Waals surface area (Å²) in [5.41, 5.74) is 10.2. The second-order valence-electron chi connectivity index (χ2n) is 4.36. The number of anilines is 1. The number of rotatable bonds is 3. The van der Waals surface area contributed by atoms with Crippen molar-refractivity contribution in [2.24, 2.45) is 7.05 Å². The highest BCUT2D eigenvalue weighted by molar-refractivity contribution is 5.69. The Hall–Kier alpha value is -1.97. The maximum atomic E-state index is 5.94. The molecule has 0 radical (unpaired) electrons. The predicted molar refractivity (Wildman–Crippen MR) is 73.7 cm³/mol. The van der Waals surface area contributed by atoms with Crippen LogP contribution in [0.3, 0.4) is 0 Å². The van der Waals surface area contributed by atoms with Crippen LogP contribution in [0.1, 0.15) is 18.1 Å². The third-order valence-electron chi connectivity index (χ3n) is 3.27. The molecule has 2 rings (SSSR count). The van der Waals surface area contributed by atoms with Crippen molar-refractivity contribution in [1.29, 1.82) is 0 Å². The maximum absolute atomic E-state index is 5.94. The Morgan fingerprint density at radius 3 is 2.61 bits per heavy atom. The Bertz CT molecular complexity index is 573. The summed E-state index contributed by atoms with van der Waals surface area (Å²) in [5, 5.41) is 4.46. The van der Waals surface area contributed by atoms with E-state index < -0.39 is 0 Å². The molecule has 0 amide bonds. The van der Waals surface area contributed by atoms with Crippen molar-refractivity contribution < 1.29 is 4.74 Å². The first-order valence-corrected chi connectivity index (χ1v) is 6.04. The monoisotopic (exact) mass is 245 g/mol. The molecule has 18 heavy (non-hydrogen) atoms. The minimum absolute atomic E-state index is 0.707. The quantitative estimate of drug-likeness (QED) is 0.904. The number of ether oxygens (including phenoxy) is 1. The van der Waals surface area contributed by atoms with Gasteiger partial charge in [-0.05, 0) is 37.1 Å². The van der Waals surface area contributed by atoms with Crippen LogP contribution in [0.25, 0.3) is 11.3 Å². The molecule has 0 fully saturated rings. The van der Waals surface area contributed by atoms with Gasteiger partial charge in [0.05, 0.1) is 12.8 Å². The van der Waals surface area contributed by atoms with Crippen LogP contribution in [0.5, 0.6) is 5.75 Å². The first-order valence-electron chi connectivity index (χ1n) is 6.04. The number of aromatic nitrogens is 2. The molecule has 0 aliphatic heterocycles. The van der Waals surface area contributed by atoms with E-state index in [1.165, 1.54) is 5.56 Å². The lowest BCUT2D eigenvalue weighted by Crippen LogP contribution is -1.97. The maximum Gasteiger partial charge on any atom is 0.124 e. The van der Waals surface area contributed by atoms with Crippen molar-refractivity contribution >= 4 is 5.82 Å². The standard InChI is InChI=1S/C14H19N3O/c1-5-10-8-11(6-7-12(10)18-4)13-9(2)14(15)17(3)16-13/h6-8H,5,15H2,1-4H3. The molecule has 1 aromatic heterocycles. The fourth-order valence-corrected chi connectivity index (χ4v) is 2.12. The molecule has 0 aliphatic rings. The lowest BCUT2D eigenvalue weighted by molar-refractivity contribution is 0.410. The van der Waals surface area contributed by atoms with Gasteiger partial charge in [0.2, 0.25) is 0 Å². The van der Waals surface area contributed by atoms with Crippen LogP contribution in [0.4, 0.5) is 5.82 Å². The van der Waals surface area contributed by atoms with E-state index >= 15 is 0 Å². The summed E-state index contributed by atoms with van der Waals surface area (Å²) in [5.74, 6) is 1.63. The molecule has 0 atom stereocenters. The van der Waals surface area contributed by atoms with E-state index in [9.17, 15) is 0 Å². The van der Waals surface area contributed by atoms with Crippen molar-refractivity contribution in [3.8, 4) is 17.0 Å². The van der Waals surface area contributed by atoms with E-state index in [1.54, 1.807) is 11.8 Å². The van der Waals surface area contributed by atoms with Crippen LogP contribution in [-0.2, 0) is 13.5 Å². The van der Waals surface area contributed by atoms with E-state index in [1.807, 2.05) is 26.1 Å². The van der Waals surface area contributed by atoms with Gasteiger partial charge in [0.15, 0.2) is 0 Å². The number of methoxy groups -OCH3 is 1. The number of benzene rings is 1. The van der Waals surface area contributed by atoms with Crippen LogP contribution < -0.4 is 10.5 Å². The van der Waals surface area contributed by atoms with Crippen LogP contribution in [-0.4, -0.2) is 16.9 Å². The largest absolute Gasteiger partial charge is 0.496 e. The third kappa shape index (κ3) is 1.94. The van der Waals surface area contributed by atoms with Crippen molar-refractivity contribution in [2.45, 2.75) is 20.3 Å². The highest BCUT2D eigenvalue weighted by Crippen LogP contribution is 2.30. The van der Waals surface area contributed by atoms with E-state index in [-0.39, 0.29) is 0 Å². The minimum Gasteiger partial charge on any atom is -0.496 e. The summed E-state index contributed by atoms with van der Waals surface area (Å²) in [7, 11) is 3.55. The van der Waals surface area contributed by atoms with Crippen molar-refractivity contribution in [3.63, 3.8) is 0 Å². The smallest absolute Gasteiger partial charge is 0.124 e. The summed E-state index contributed by atoms with van der Waals surface area (Å²) in [4.78, 5) is 0. The normalized spacial score (nSPS) is 10.7. The van der Waals surface area contributed by atoms with Crippen molar-refractivity contribution in [3.05, 3.63) is 29.3 Å². The Kier molecular flexibility index (Phi) is 3.28. The molecule has 0 unspecified atom stereocenters. The minimum atomic E-state index is 0.707. The van der Waals surface area contributed by atoms with Gasteiger partial charge >= 0.3 is 0 Å². The van der Waals surface area contributed by atoms with Crippen LogP contribution in [0.2, 0.25) is 0 Å². The fraction of sp³-hybridized carbons (Fsp3) is 0.357. The Balaban J connectivity index is 2.54. The van der Waals surface area contributed by atoms with E-state index in [0.29, 0.717) is 5.82 Å². The zero-order chi connectivity index (χ0) is 13.3. The molecule has 4 heteroatoms. The lowest BCUT2D eigenvalue weighted by Gasteiger charge is -2.08. The van der Waals surface area contributed by atoms with Gasteiger partial charge in [-0.1, -0.05) is 6.92 Å². The molecule has 0 bridgehead atoms. The topological polar surface area (TPSA) is 53.1 Å². The number of nitrogens with two attached hydrogens (primary N) is 1. The Labute approximate surface area is 107 Å². The summed E-state index contributed by atoms with van der Waals surface area (Å²) in [6, 6.07) is 6.12. The predicted octanol–water partition coefficient (Wildman–Crippen LogP) is 2.55. The summed E-state index contributed by atoms with van der Waals surface area (Å²) < 4.78 is 7.04. The number of nitrogens with zero attached hydrogens (tertiary/aromatic N) is 2. The molecule has 4 nitrogen and oxygen atoms in total. The molecule has 0 saturated carbocycles. The molecule has 0 saturated heterocycles. The highest BCUT2D eigenvalue weighted by Gasteiger charge is 2.13. The number of hydrogen-bond donors (Lipinski definition) is 1. The molecule has 2 aromatic rings. The Morgan fingerprint density at radius 1 is 1.39 bits per heavy atom. The van der Waals surface area contributed by atoms with Gasteiger partial charge in [-0.2, -0.15) is 5.10 Å². The summed E-state index contributed by atoms with van der Waals surface area (Å²) in [6.07, 6.45) is 0.929. The first kappa shape index (κ1) is 12.5. The first-order chi connectivity index (χ1) is 8.58. The zero-order valence-corrected chi connectivity index (χ0v) is 11.3. The molecule has 1 aromatic carbocycles. The molecule has 0 spiro atoms. The average molecular weight is 245 g/mol. The fourth-order valence-electron chi connectivity index (χ4n) is 2.12. The van der Waals surface area contributed by atoms with E-state index in [2.05, 4.69) is 18.1 Å². The molecular weight excluding hydrogens is 226 g/mol. The van der Waals surface area contributed by atoms with Crippen molar-refractivity contribution in [2.75, 3.05) is 12.8 Å². The van der Waals surface area contributed by atoms with Gasteiger partial charge < -0.3 is 10.5 Å². The molecular formula is C14H19N3O. The average Bonchev–Trinajstić information content (AvgIpc) is 2.65. The van der Waals surface area contributed by atoms with Crippen LogP contribution >= 0.6 is 0 Å². The SMILES string of the molecule is CCc1cc(-c2nn(C)c(N)c2C)ccc1OC. The number of aryl methyl sites for hydroxylation is 2. The highest BCUT2D eigenvalue weighted by atomic mass is 16.5. The molecule has 1 heterocycles. The van der Waals surface area contributed by atoms with E-state index in [0.717, 1.165) is 29.0 Å². The lowest BCUT2D eigenvalue weighted by atomic mass is 10.0. The van der Waals surface area contributed by atoms with Crippen LogP contribution in [0, 0.1) is 6.92 Å². The van der Waals surface area contributed by atoms with Crippen molar-refractivity contribution in [1.82, 2.24) is 9.78 Å². The summed E-state index contributed by atoms with van der Waals surface area (Å²) >= 11 is 0. The molecule has 0 aliphatic carbocycles. The third-order valence-corrected chi connectivity index (χ3v) is 3.27. The zero-order valence-electron chi connectivity index (χ0n) is 11.3. The van der Waals surface area contributed by atoms with Gasteiger partial charge in [0, 0.05) is 18.2 Å². The van der Waals surface area contributed by atoms with Gasteiger partial charge in [-0.3, -0.25) is 4.68 Å². The molecule has 2 N–H and O–H groups in total. The van der Waals surface area contributed by atoms with Gasteiger partial charge in [0.1, 0.15) is 11.6 Å². The number of hydrogen-bond acceptors (Lipinski definition) is 3. The van der Waals surface area contributed by atoms with Gasteiger partial charge in [0.25, 0.3) is 0 Å².